The van der Waals surface area contributed by atoms with Gasteiger partial charge in [-0.05, 0) is 43.7 Å². The highest BCUT2D eigenvalue weighted by Crippen LogP contribution is 2.16. The third-order valence-corrected chi connectivity index (χ3v) is 3.45. The Bertz CT molecular complexity index is 586. The average Bonchev–Trinajstić information content (AvgIpc) is 2.48. The van der Waals surface area contributed by atoms with Crippen LogP contribution in [0, 0.1) is 0 Å². The summed E-state index contributed by atoms with van der Waals surface area (Å²) in [5.74, 6) is 0. The van der Waals surface area contributed by atoms with Gasteiger partial charge in [0.05, 0.1) is 17.8 Å². The number of nitrogens with zero attached hydrogens (tertiary/aromatic N) is 1. The first-order chi connectivity index (χ1) is 10.1. The molecule has 0 saturated carbocycles. The SMILES string of the molecule is C[C@H](NC(=O)N[C@H](C)c1ccccn1)c1ccc(Cl)cc1. The van der Waals surface area contributed by atoms with Gasteiger partial charge in [0.1, 0.15) is 0 Å². The Morgan fingerprint density at radius 2 is 1.71 bits per heavy atom. The van der Waals surface area contributed by atoms with E-state index in [-0.39, 0.29) is 18.1 Å². The van der Waals surface area contributed by atoms with Crippen LogP contribution in [0.5, 0.6) is 0 Å². The van der Waals surface area contributed by atoms with Crippen molar-refractivity contribution in [1.82, 2.24) is 15.6 Å². The van der Waals surface area contributed by atoms with E-state index in [1.165, 1.54) is 0 Å². The summed E-state index contributed by atoms with van der Waals surface area (Å²) < 4.78 is 0. The minimum Gasteiger partial charge on any atom is -0.332 e. The average molecular weight is 304 g/mol. The van der Waals surface area contributed by atoms with Crippen molar-refractivity contribution in [2.75, 3.05) is 0 Å². The lowest BCUT2D eigenvalue weighted by Crippen LogP contribution is -2.38. The summed E-state index contributed by atoms with van der Waals surface area (Å²) in [5.41, 5.74) is 1.83. The smallest absolute Gasteiger partial charge is 0.315 e. The van der Waals surface area contributed by atoms with Crippen LogP contribution in [0.1, 0.15) is 37.2 Å². The van der Waals surface area contributed by atoms with E-state index in [4.69, 9.17) is 11.6 Å². The third-order valence-electron chi connectivity index (χ3n) is 3.20. The van der Waals surface area contributed by atoms with Crippen molar-refractivity contribution in [3.05, 3.63) is 64.9 Å². The lowest BCUT2D eigenvalue weighted by Gasteiger charge is -2.18. The van der Waals surface area contributed by atoms with Crippen LogP contribution in [0.15, 0.2) is 48.7 Å². The summed E-state index contributed by atoms with van der Waals surface area (Å²) in [6, 6.07) is 12.6. The first kappa shape index (κ1) is 15.3. The molecule has 0 aliphatic rings. The standard InChI is InChI=1S/C16H18ClN3O/c1-11(13-6-8-14(17)9-7-13)19-16(21)20-12(2)15-5-3-4-10-18-15/h3-12H,1-2H3,(H2,19,20,21)/t11-,12+/m0/s1. The van der Waals surface area contributed by atoms with Crippen LogP contribution in [0.4, 0.5) is 4.79 Å². The highest BCUT2D eigenvalue weighted by atomic mass is 35.5. The molecule has 1 aromatic heterocycles. The van der Waals surface area contributed by atoms with Gasteiger partial charge in [-0.1, -0.05) is 29.8 Å². The highest BCUT2D eigenvalue weighted by molar-refractivity contribution is 6.30. The Morgan fingerprint density at radius 3 is 2.33 bits per heavy atom. The van der Waals surface area contributed by atoms with Gasteiger partial charge >= 0.3 is 6.03 Å². The van der Waals surface area contributed by atoms with Crippen molar-refractivity contribution in [2.24, 2.45) is 0 Å². The quantitative estimate of drug-likeness (QED) is 0.901. The normalized spacial score (nSPS) is 13.3. The van der Waals surface area contributed by atoms with Gasteiger partial charge in [0.25, 0.3) is 0 Å². The molecule has 0 unspecified atom stereocenters. The summed E-state index contributed by atoms with van der Waals surface area (Å²) in [4.78, 5) is 16.2. The number of rotatable bonds is 4. The Kier molecular flexibility index (Phi) is 5.17. The molecule has 0 saturated heterocycles. The molecule has 21 heavy (non-hydrogen) atoms. The molecule has 1 heterocycles. The predicted molar refractivity (Wildman–Crippen MR) is 84.2 cm³/mol. The van der Waals surface area contributed by atoms with Gasteiger partial charge in [0.2, 0.25) is 0 Å². The van der Waals surface area contributed by atoms with Crippen molar-refractivity contribution in [2.45, 2.75) is 25.9 Å². The number of aromatic nitrogens is 1. The molecule has 5 heteroatoms. The molecule has 4 nitrogen and oxygen atoms in total. The minimum absolute atomic E-state index is 0.0989. The van der Waals surface area contributed by atoms with Gasteiger partial charge in [0.15, 0.2) is 0 Å². The number of amides is 2. The molecular weight excluding hydrogens is 286 g/mol. The molecule has 0 aliphatic heterocycles. The lowest BCUT2D eigenvalue weighted by molar-refractivity contribution is 0.234. The fourth-order valence-electron chi connectivity index (χ4n) is 1.98. The molecule has 110 valence electrons. The van der Waals surface area contributed by atoms with Gasteiger partial charge in [0, 0.05) is 11.2 Å². The number of pyridine rings is 1. The van der Waals surface area contributed by atoms with Crippen LogP contribution in [-0.4, -0.2) is 11.0 Å². The molecule has 1 aromatic carbocycles. The summed E-state index contributed by atoms with van der Waals surface area (Å²) in [6.07, 6.45) is 1.71. The zero-order valence-electron chi connectivity index (χ0n) is 12.0. The summed E-state index contributed by atoms with van der Waals surface area (Å²) in [5, 5.41) is 6.44. The molecule has 2 N–H and O–H groups in total. The summed E-state index contributed by atoms with van der Waals surface area (Å²) >= 11 is 5.85. The number of carbonyl (C=O) groups excluding carboxylic acids is 1. The number of hydrogen-bond acceptors (Lipinski definition) is 2. The number of hydrogen-bond donors (Lipinski definition) is 2. The van der Waals surface area contributed by atoms with E-state index >= 15 is 0 Å². The van der Waals surface area contributed by atoms with E-state index in [9.17, 15) is 4.79 Å². The third kappa shape index (κ3) is 4.46. The van der Waals surface area contributed by atoms with Gasteiger partial charge in [-0.25, -0.2) is 4.79 Å². The molecular formula is C16H18ClN3O. The molecule has 2 aromatic rings. The van der Waals surface area contributed by atoms with Gasteiger partial charge in [-0.2, -0.15) is 0 Å². The molecule has 2 amide bonds. The molecule has 0 bridgehead atoms. The molecule has 2 rings (SSSR count). The van der Waals surface area contributed by atoms with Crippen LogP contribution >= 0.6 is 11.6 Å². The van der Waals surface area contributed by atoms with E-state index < -0.39 is 0 Å². The second-order valence-corrected chi connectivity index (χ2v) is 5.30. The Balaban J connectivity index is 1.91. The van der Waals surface area contributed by atoms with Crippen molar-refractivity contribution < 1.29 is 4.79 Å². The maximum atomic E-state index is 12.0. The van der Waals surface area contributed by atoms with Gasteiger partial charge in [-0.15, -0.1) is 0 Å². The Morgan fingerprint density at radius 1 is 1.05 bits per heavy atom. The van der Waals surface area contributed by atoms with Crippen LogP contribution in [-0.2, 0) is 0 Å². The van der Waals surface area contributed by atoms with E-state index in [0.717, 1.165) is 11.3 Å². The molecule has 0 fully saturated rings. The van der Waals surface area contributed by atoms with E-state index in [1.807, 2.05) is 56.3 Å². The maximum absolute atomic E-state index is 12.0. The summed E-state index contributed by atoms with van der Waals surface area (Å²) in [7, 11) is 0. The number of nitrogens with one attached hydrogen (secondary N) is 2. The van der Waals surface area contributed by atoms with E-state index in [1.54, 1.807) is 6.20 Å². The zero-order chi connectivity index (χ0) is 15.2. The van der Waals surface area contributed by atoms with Crippen LogP contribution in [0.3, 0.4) is 0 Å². The Labute approximate surface area is 129 Å². The lowest BCUT2D eigenvalue weighted by atomic mass is 10.1. The van der Waals surface area contributed by atoms with Crippen molar-refractivity contribution in [3.63, 3.8) is 0 Å². The van der Waals surface area contributed by atoms with Crippen LogP contribution < -0.4 is 10.6 Å². The number of halogens is 1. The minimum atomic E-state index is -0.226. The van der Waals surface area contributed by atoms with Gasteiger partial charge in [-0.3, -0.25) is 4.98 Å². The largest absolute Gasteiger partial charge is 0.332 e. The molecule has 0 spiro atoms. The first-order valence-corrected chi connectivity index (χ1v) is 7.17. The monoisotopic (exact) mass is 303 g/mol. The fourth-order valence-corrected chi connectivity index (χ4v) is 2.10. The molecule has 0 aliphatic carbocycles. The second kappa shape index (κ2) is 7.09. The van der Waals surface area contributed by atoms with Crippen molar-refractivity contribution >= 4 is 17.6 Å². The summed E-state index contributed by atoms with van der Waals surface area (Å²) in [6.45, 7) is 3.82. The van der Waals surface area contributed by atoms with E-state index in [2.05, 4.69) is 15.6 Å². The number of urea groups is 1. The molecule has 2 atom stereocenters. The maximum Gasteiger partial charge on any atom is 0.315 e. The van der Waals surface area contributed by atoms with Crippen molar-refractivity contribution in [3.8, 4) is 0 Å². The van der Waals surface area contributed by atoms with Crippen LogP contribution in [0.25, 0.3) is 0 Å². The Hall–Kier alpha value is -2.07. The number of carbonyl (C=O) groups is 1. The topological polar surface area (TPSA) is 54.0 Å². The molecule has 0 radical (unpaired) electrons. The van der Waals surface area contributed by atoms with Crippen LogP contribution in [0.2, 0.25) is 5.02 Å². The van der Waals surface area contributed by atoms with E-state index in [0.29, 0.717) is 5.02 Å². The number of benzene rings is 1. The predicted octanol–water partition coefficient (Wildman–Crippen LogP) is 3.86. The highest BCUT2D eigenvalue weighted by Gasteiger charge is 2.13. The van der Waals surface area contributed by atoms with Gasteiger partial charge < -0.3 is 10.6 Å². The zero-order valence-corrected chi connectivity index (χ0v) is 12.8. The van der Waals surface area contributed by atoms with Crippen molar-refractivity contribution in [1.29, 1.82) is 0 Å². The fraction of sp³-hybridized carbons (Fsp3) is 0.250. The first-order valence-electron chi connectivity index (χ1n) is 6.79. The second-order valence-electron chi connectivity index (χ2n) is 4.87.